The van der Waals surface area contributed by atoms with Crippen LogP contribution >= 0.6 is 0 Å². The van der Waals surface area contributed by atoms with E-state index >= 15 is 0 Å². The maximum atomic E-state index is 13.9. The fraction of sp³-hybridized carbons (Fsp3) is 0.217. The Kier molecular flexibility index (Phi) is 5.81. The van der Waals surface area contributed by atoms with Gasteiger partial charge in [0.25, 0.3) is 5.91 Å². The number of nitrogens with one attached hydrogen (secondary N) is 2. The number of hydrogen-bond donors (Lipinski definition) is 2. The zero-order valence-electron chi connectivity index (χ0n) is 16.1. The van der Waals surface area contributed by atoms with Crippen molar-refractivity contribution in [3.8, 4) is 0 Å². The molecule has 1 aliphatic heterocycles. The van der Waals surface area contributed by atoms with Gasteiger partial charge in [0, 0.05) is 29.3 Å². The zero-order chi connectivity index (χ0) is 20.1. The van der Waals surface area contributed by atoms with E-state index in [-0.39, 0.29) is 11.7 Å². The monoisotopic (exact) mass is 391 g/mol. The number of pyridine rings is 1. The van der Waals surface area contributed by atoms with Gasteiger partial charge in [0.2, 0.25) is 0 Å². The maximum Gasteiger partial charge on any atom is 0.257 e. The summed E-state index contributed by atoms with van der Waals surface area (Å²) in [5.41, 5.74) is 3.20. The van der Waals surface area contributed by atoms with Crippen LogP contribution in [0.2, 0.25) is 0 Å². The summed E-state index contributed by atoms with van der Waals surface area (Å²) in [6, 6.07) is 18.4. The van der Waals surface area contributed by atoms with Crippen molar-refractivity contribution in [1.29, 1.82) is 0 Å². The second-order valence-corrected chi connectivity index (χ2v) is 7.25. The molecule has 1 saturated heterocycles. The SMILES string of the molecule is O=C(Nc1ccc(N2CC[NH+](Cc3ccccc3F)CC2)cc1)c1cccnc1. The van der Waals surface area contributed by atoms with Gasteiger partial charge >= 0.3 is 0 Å². The van der Waals surface area contributed by atoms with Crippen molar-refractivity contribution >= 4 is 17.3 Å². The summed E-state index contributed by atoms with van der Waals surface area (Å²) in [7, 11) is 0. The van der Waals surface area contributed by atoms with Gasteiger partial charge in [-0.15, -0.1) is 0 Å². The fourth-order valence-corrected chi connectivity index (χ4v) is 3.62. The van der Waals surface area contributed by atoms with Crippen LogP contribution in [0.4, 0.5) is 15.8 Å². The first-order valence-corrected chi connectivity index (χ1v) is 9.82. The molecule has 148 valence electrons. The van der Waals surface area contributed by atoms with Gasteiger partial charge in [-0.25, -0.2) is 4.39 Å². The van der Waals surface area contributed by atoms with Crippen molar-refractivity contribution in [1.82, 2.24) is 4.98 Å². The van der Waals surface area contributed by atoms with Crippen LogP contribution in [-0.2, 0) is 6.54 Å². The first kappa shape index (κ1) is 19.1. The van der Waals surface area contributed by atoms with Crippen molar-refractivity contribution in [3.05, 3.63) is 90.0 Å². The number of anilines is 2. The molecule has 0 spiro atoms. The second-order valence-electron chi connectivity index (χ2n) is 7.25. The minimum atomic E-state index is -0.170. The molecule has 1 aromatic heterocycles. The molecule has 5 nitrogen and oxygen atoms in total. The molecule has 1 amide bonds. The van der Waals surface area contributed by atoms with Crippen LogP contribution in [0.5, 0.6) is 0 Å². The molecule has 0 saturated carbocycles. The molecule has 2 heterocycles. The Labute approximate surface area is 169 Å². The van der Waals surface area contributed by atoms with Crippen LogP contribution < -0.4 is 15.1 Å². The number of nitrogens with zero attached hydrogens (tertiary/aromatic N) is 2. The zero-order valence-corrected chi connectivity index (χ0v) is 16.1. The normalized spacial score (nSPS) is 14.6. The van der Waals surface area contributed by atoms with Crippen molar-refractivity contribution in [3.63, 3.8) is 0 Å². The highest BCUT2D eigenvalue weighted by Crippen LogP contribution is 2.18. The molecule has 0 unspecified atom stereocenters. The number of piperazine rings is 1. The Morgan fingerprint density at radius 3 is 2.48 bits per heavy atom. The van der Waals surface area contributed by atoms with E-state index in [0.717, 1.165) is 49.7 Å². The number of aromatic nitrogens is 1. The summed E-state index contributed by atoms with van der Waals surface area (Å²) in [6.45, 7) is 4.50. The minimum absolute atomic E-state index is 0.119. The molecule has 6 heteroatoms. The van der Waals surface area contributed by atoms with Gasteiger partial charge in [-0.05, 0) is 42.5 Å². The minimum Gasteiger partial charge on any atom is -0.360 e. The molecule has 3 aromatic rings. The highest BCUT2D eigenvalue weighted by atomic mass is 19.1. The predicted molar refractivity (Wildman–Crippen MR) is 112 cm³/mol. The summed E-state index contributed by atoms with van der Waals surface area (Å²) in [6.07, 6.45) is 3.19. The van der Waals surface area contributed by atoms with Gasteiger partial charge in [-0.2, -0.15) is 0 Å². The number of hydrogen-bond acceptors (Lipinski definition) is 3. The number of amides is 1. The van der Waals surface area contributed by atoms with Gasteiger partial charge in [0.15, 0.2) is 0 Å². The lowest BCUT2D eigenvalue weighted by atomic mass is 10.1. The Hall–Kier alpha value is -3.25. The predicted octanol–water partition coefficient (Wildman–Crippen LogP) is 2.38. The molecule has 1 aliphatic rings. The first-order chi connectivity index (χ1) is 14.2. The average Bonchev–Trinajstić information content (AvgIpc) is 2.77. The van der Waals surface area contributed by atoms with E-state index < -0.39 is 0 Å². The molecular formula is C23H24FN4O+. The Bertz CT molecular complexity index is 954. The van der Waals surface area contributed by atoms with E-state index in [9.17, 15) is 9.18 Å². The maximum absolute atomic E-state index is 13.9. The fourth-order valence-electron chi connectivity index (χ4n) is 3.62. The first-order valence-electron chi connectivity index (χ1n) is 9.82. The largest absolute Gasteiger partial charge is 0.360 e. The number of quaternary nitrogens is 1. The standard InChI is InChI=1S/C23H23FN4O/c24-22-6-2-1-4-19(22)17-27-12-14-28(15-13-27)21-9-7-20(8-10-21)26-23(29)18-5-3-11-25-16-18/h1-11,16H,12-15,17H2,(H,26,29)/p+1. The van der Waals surface area contributed by atoms with Crippen LogP contribution in [0, 0.1) is 5.82 Å². The number of benzene rings is 2. The van der Waals surface area contributed by atoms with E-state index in [1.54, 1.807) is 30.6 Å². The third kappa shape index (κ3) is 4.78. The number of halogens is 1. The lowest BCUT2D eigenvalue weighted by Gasteiger charge is -2.33. The number of rotatable bonds is 5. The average molecular weight is 391 g/mol. The summed E-state index contributed by atoms with van der Waals surface area (Å²) in [5.74, 6) is -0.289. The Morgan fingerprint density at radius 2 is 1.79 bits per heavy atom. The topological polar surface area (TPSA) is 49.7 Å². The highest BCUT2D eigenvalue weighted by Gasteiger charge is 2.21. The van der Waals surface area contributed by atoms with Crippen LogP contribution in [0.3, 0.4) is 0 Å². The molecular weight excluding hydrogens is 367 g/mol. The summed E-state index contributed by atoms with van der Waals surface area (Å²) in [4.78, 5) is 19.9. The van der Waals surface area contributed by atoms with Crippen molar-refractivity contribution in [2.45, 2.75) is 6.54 Å². The van der Waals surface area contributed by atoms with Crippen molar-refractivity contribution in [2.24, 2.45) is 0 Å². The van der Waals surface area contributed by atoms with Gasteiger partial charge in [-0.1, -0.05) is 18.2 Å². The van der Waals surface area contributed by atoms with E-state index in [1.807, 2.05) is 36.4 Å². The lowest BCUT2D eigenvalue weighted by molar-refractivity contribution is -0.914. The number of carbonyl (C=O) groups excluding carboxylic acids is 1. The molecule has 2 N–H and O–H groups in total. The van der Waals surface area contributed by atoms with Crippen LogP contribution in [0.15, 0.2) is 73.1 Å². The van der Waals surface area contributed by atoms with Crippen LogP contribution in [0.25, 0.3) is 0 Å². The molecule has 0 radical (unpaired) electrons. The van der Waals surface area contributed by atoms with E-state index in [1.165, 1.54) is 11.0 Å². The molecule has 0 aliphatic carbocycles. The van der Waals surface area contributed by atoms with Gasteiger partial charge in [-0.3, -0.25) is 9.78 Å². The van der Waals surface area contributed by atoms with Crippen molar-refractivity contribution in [2.75, 3.05) is 36.4 Å². The van der Waals surface area contributed by atoms with E-state index in [4.69, 9.17) is 0 Å². The molecule has 0 bridgehead atoms. The lowest BCUT2D eigenvalue weighted by Crippen LogP contribution is -3.13. The van der Waals surface area contributed by atoms with Gasteiger partial charge in [0.05, 0.1) is 31.7 Å². The quantitative estimate of drug-likeness (QED) is 0.702. The Balaban J connectivity index is 1.31. The van der Waals surface area contributed by atoms with Crippen LogP contribution in [0.1, 0.15) is 15.9 Å². The second kappa shape index (κ2) is 8.84. The van der Waals surface area contributed by atoms with Gasteiger partial charge in [0.1, 0.15) is 12.4 Å². The van der Waals surface area contributed by atoms with E-state index in [0.29, 0.717) is 5.56 Å². The molecule has 29 heavy (non-hydrogen) atoms. The molecule has 2 aromatic carbocycles. The third-order valence-electron chi connectivity index (χ3n) is 5.28. The third-order valence-corrected chi connectivity index (χ3v) is 5.28. The molecule has 1 fully saturated rings. The summed E-state index contributed by atoms with van der Waals surface area (Å²) in [5, 5.41) is 2.89. The van der Waals surface area contributed by atoms with Crippen molar-refractivity contribution < 1.29 is 14.1 Å². The summed E-state index contributed by atoms with van der Waals surface area (Å²) < 4.78 is 13.9. The van der Waals surface area contributed by atoms with Crippen LogP contribution in [-0.4, -0.2) is 37.1 Å². The smallest absolute Gasteiger partial charge is 0.257 e. The van der Waals surface area contributed by atoms with E-state index in [2.05, 4.69) is 15.2 Å². The summed E-state index contributed by atoms with van der Waals surface area (Å²) >= 11 is 0. The Morgan fingerprint density at radius 1 is 1.03 bits per heavy atom. The molecule has 4 rings (SSSR count). The number of carbonyl (C=O) groups is 1. The molecule has 0 atom stereocenters. The highest BCUT2D eigenvalue weighted by molar-refractivity contribution is 6.04. The van der Waals surface area contributed by atoms with Gasteiger partial charge < -0.3 is 15.1 Å².